The first-order valence-electron chi connectivity index (χ1n) is 42.8. The number of hydrogen-bond acceptors (Lipinski definition) is 15. The van der Waals surface area contributed by atoms with E-state index in [0.29, 0.717) is 25.7 Å². The van der Waals surface area contributed by atoms with E-state index in [0.717, 1.165) is 89.9 Å². The van der Waals surface area contributed by atoms with Gasteiger partial charge in [-0.3, -0.25) is 37.3 Å². The lowest BCUT2D eigenvalue weighted by Gasteiger charge is -2.21. The number of phosphoric acid groups is 2. The molecule has 0 radical (unpaired) electrons. The maximum atomic E-state index is 13.1. The fourth-order valence-electron chi connectivity index (χ4n) is 12.8. The third-order valence-corrected chi connectivity index (χ3v) is 21.3. The van der Waals surface area contributed by atoms with Crippen LogP contribution in [-0.4, -0.2) is 96.7 Å². The van der Waals surface area contributed by atoms with Gasteiger partial charge in [-0.2, -0.15) is 0 Å². The normalized spacial score (nSPS) is 13.8. The van der Waals surface area contributed by atoms with E-state index in [-0.39, 0.29) is 25.7 Å². The van der Waals surface area contributed by atoms with Crippen LogP contribution in [0.15, 0.2) is 0 Å². The average molecular weight is 1480 g/mol. The zero-order valence-corrected chi connectivity index (χ0v) is 67.7. The molecule has 0 spiro atoms. The smallest absolute Gasteiger partial charge is 0.462 e. The Balaban J connectivity index is 5.17. The zero-order valence-electron chi connectivity index (χ0n) is 65.9. The van der Waals surface area contributed by atoms with Crippen LogP contribution in [0.2, 0.25) is 0 Å². The fourth-order valence-corrected chi connectivity index (χ4v) is 14.4. The van der Waals surface area contributed by atoms with Gasteiger partial charge in [0, 0.05) is 25.7 Å². The number of unbranched alkanes of at least 4 members (excludes halogenated alkanes) is 57. The molecule has 0 aromatic carbocycles. The van der Waals surface area contributed by atoms with Gasteiger partial charge in [-0.25, -0.2) is 9.13 Å². The molecule has 3 N–H and O–H groups in total. The van der Waals surface area contributed by atoms with Gasteiger partial charge in [-0.1, -0.05) is 394 Å². The summed E-state index contributed by atoms with van der Waals surface area (Å²) in [6.45, 7) is 5.00. The predicted octanol–water partition coefficient (Wildman–Crippen LogP) is 25.0. The third kappa shape index (κ3) is 76.1. The second-order valence-corrected chi connectivity index (χ2v) is 32.4. The van der Waals surface area contributed by atoms with Gasteiger partial charge in [-0.15, -0.1) is 0 Å². The lowest BCUT2D eigenvalue weighted by molar-refractivity contribution is -0.161. The van der Waals surface area contributed by atoms with Gasteiger partial charge < -0.3 is 33.8 Å². The molecule has 0 aliphatic rings. The van der Waals surface area contributed by atoms with E-state index in [2.05, 4.69) is 27.7 Å². The van der Waals surface area contributed by atoms with Crippen LogP contribution in [0.1, 0.15) is 445 Å². The van der Waals surface area contributed by atoms with Crippen molar-refractivity contribution >= 4 is 39.5 Å². The Hall–Kier alpha value is -1.94. The molecule has 0 saturated heterocycles. The van der Waals surface area contributed by atoms with Crippen LogP contribution in [0.4, 0.5) is 0 Å². The molecule has 2 unspecified atom stereocenters. The van der Waals surface area contributed by atoms with Crippen molar-refractivity contribution < 1.29 is 80.2 Å². The van der Waals surface area contributed by atoms with Crippen molar-refractivity contribution in [2.24, 2.45) is 0 Å². The van der Waals surface area contributed by atoms with Gasteiger partial charge in [0.2, 0.25) is 0 Å². The molecule has 0 aliphatic carbocycles. The summed E-state index contributed by atoms with van der Waals surface area (Å²) in [5, 5.41) is 10.6. The van der Waals surface area contributed by atoms with Crippen molar-refractivity contribution in [3.8, 4) is 0 Å². The highest BCUT2D eigenvalue weighted by Crippen LogP contribution is 2.45. The van der Waals surface area contributed by atoms with Crippen LogP contribution in [0.25, 0.3) is 0 Å². The second kappa shape index (κ2) is 76.3. The standard InChI is InChI=1S/C82H160O17P2/c1-5-9-13-17-21-25-28-30-32-34-36-37-38-40-42-44-46-49-53-57-61-65-69-82(87)99-78(73-93-80(85)67-63-59-55-51-48-45-43-41-39-35-33-31-29-26-22-18-14-10-6-2)75-97-101(90,91)95-71-76(83)70-94-100(88,89)96-74-77(72-92-79(84)66-62-58-54-50-24-20-16-12-8-4)98-81(86)68-64-60-56-52-47-27-23-19-15-11-7-3/h76-78,83H,5-75H2,1-4H3,(H,88,89)(H,90,91)/t76-,77+,78+/m0/s1. The van der Waals surface area contributed by atoms with Crippen molar-refractivity contribution in [1.82, 2.24) is 0 Å². The Kier molecular flexibility index (Phi) is 74.8. The van der Waals surface area contributed by atoms with Crippen LogP contribution in [0, 0.1) is 0 Å². The summed E-state index contributed by atoms with van der Waals surface area (Å²) in [4.78, 5) is 72.9. The van der Waals surface area contributed by atoms with E-state index in [1.54, 1.807) is 0 Å². The molecule has 101 heavy (non-hydrogen) atoms. The summed E-state index contributed by atoms with van der Waals surface area (Å²) in [6.07, 6.45) is 69.6. The topological polar surface area (TPSA) is 237 Å². The average Bonchev–Trinajstić information content (AvgIpc) is 0.946. The first-order valence-corrected chi connectivity index (χ1v) is 45.8. The molecule has 0 aromatic rings. The van der Waals surface area contributed by atoms with Crippen LogP contribution >= 0.6 is 15.6 Å². The lowest BCUT2D eigenvalue weighted by Crippen LogP contribution is -2.30. The molecule has 5 atom stereocenters. The van der Waals surface area contributed by atoms with Crippen LogP contribution in [0.5, 0.6) is 0 Å². The van der Waals surface area contributed by atoms with Crippen molar-refractivity contribution in [3.05, 3.63) is 0 Å². The Morgan fingerprint density at radius 3 is 0.584 bits per heavy atom. The molecular formula is C82H160O17P2. The molecule has 19 heteroatoms. The zero-order chi connectivity index (χ0) is 73.9. The Labute approximate surface area is 619 Å². The largest absolute Gasteiger partial charge is 0.472 e. The monoisotopic (exact) mass is 1480 g/mol. The summed E-state index contributed by atoms with van der Waals surface area (Å²) >= 11 is 0. The van der Waals surface area contributed by atoms with Gasteiger partial charge in [-0.05, 0) is 25.7 Å². The van der Waals surface area contributed by atoms with Crippen LogP contribution < -0.4 is 0 Å². The summed E-state index contributed by atoms with van der Waals surface area (Å²) in [6, 6.07) is 0. The highest BCUT2D eigenvalue weighted by atomic mass is 31.2. The maximum Gasteiger partial charge on any atom is 0.472 e. The number of aliphatic hydroxyl groups is 1. The number of carbonyl (C=O) groups is 4. The lowest BCUT2D eigenvalue weighted by atomic mass is 10.0. The second-order valence-electron chi connectivity index (χ2n) is 29.5. The molecule has 0 rings (SSSR count). The maximum absolute atomic E-state index is 13.1. The molecule has 0 aromatic heterocycles. The Morgan fingerprint density at radius 1 is 0.238 bits per heavy atom. The van der Waals surface area contributed by atoms with E-state index in [1.807, 2.05) is 0 Å². The van der Waals surface area contributed by atoms with E-state index < -0.39 is 97.5 Å². The third-order valence-electron chi connectivity index (χ3n) is 19.4. The number of ether oxygens (including phenoxy) is 4. The minimum atomic E-state index is -4.96. The van der Waals surface area contributed by atoms with E-state index in [1.165, 1.54) is 276 Å². The number of aliphatic hydroxyl groups excluding tert-OH is 1. The summed E-state index contributed by atoms with van der Waals surface area (Å²) in [5.74, 6) is -2.11. The molecular weight excluding hydrogens is 1320 g/mol. The van der Waals surface area contributed by atoms with Gasteiger partial charge in [0.1, 0.15) is 19.3 Å². The molecule has 0 amide bonds. The molecule has 0 heterocycles. The fraction of sp³-hybridized carbons (Fsp3) is 0.951. The minimum absolute atomic E-state index is 0.108. The van der Waals surface area contributed by atoms with E-state index in [9.17, 15) is 43.2 Å². The summed E-state index contributed by atoms with van der Waals surface area (Å²) in [7, 11) is -9.91. The molecule has 0 bridgehead atoms. The van der Waals surface area contributed by atoms with Crippen molar-refractivity contribution in [1.29, 1.82) is 0 Å². The van der Waals surface area contributed by atoms with Crippen molar-refractivity contribution in [2.75, 3.05) is 39.6 Å². The molecule has 0 saturated carbocycles. The number of esters is 4. The minimum Gasteiger partial charge on any atom is -0.462 e. The van der Waals surface area contributed by atoms with E-state index in [4.69, 9.17) is 37.0 Å². The number of phosphoric ester groups is 2. The van der Waals surface area contributed by atoms with Gasteiger partial charge >= 0.3 is 39.5 Å². The molecule has 0 fully saturated rings. The first kappa shape index (κ1) is 99.1. The first-order chi connectivity index (χ1) is 49.2. The quantitative estimate of drug-likeness (QED) is 0.0222. The van der Waals surface area contributed by atoms with Crippen molar-refractivity contribution in [2.45, 2.75) is 463 Å². The Morgan fingerprint density at radius 2 is 0.396 bits per heavy atom. The number of hydrogen-bond donors (Lipinski definition) is 3. The molecule has 600 valence electrons. The molecule has 0 aliphatic heterocycles. The predicted molar refractivity (Wildman–Crippen MR) is 414 cm³/mol. The van der Waals surface area contributed by atoms with Crippen molar-refractivity contribution in [3.63, 3.8) is 0 Å². The summed E-state index contributed by atoms with van der Waals surface area (Å²) < 4.78 is 68.6. The number of rotatable bonds is 83. The summed E-state index contributed by atoms with van der Waals surface area (Å²) in [5.41, 5.74) is 0. The van der Waals surface area contributed by atoms with Gasteiger partial charge in [0.25, 0.3) is 0 Å². The highest BCUT2D eigenvalue weighted by molar-refractivity contribution is 7.47. The SMILES string of the molecule is CCCCCCCCCCCCCCCCCCCCCCCCC(=O)O[C@H](COC(=O)CCCCCCCCCCCCCCCCCCCCC)COP(=O)(O)OC[C@@H](O)COP(=O)(O)OC[C@@H](COC(=O)CCCCCCCCCCC)OC(=O)CCCCCCCCCCCCC. The van der Waals surface area contributed by atoms with Gasteiger partial charge in [0.05, 0.1) is 26.4 Å². The number of carbonyl (C=O) groups excluding carboxylic acids is 4. The van der Waals surface area contributed by atoms with Crippen LogP contribution in [-0.2, 0) is 65.4 Å². The van der Waals surface area contributed by atoms with Gasteiger partial charge in [0.15, 0.2) is 12.2 Å². The van der Waals surface area contributed by atoms with E-state index >= 15 is 0 Å². The highest BCUT2D eigenvalue weighted by Gasteiger charge is 2.30. The van der Waals surface area contributed by atoms with Crippen LogP contribution in [0.3, 0.4) is 0 Å². The Bertz CT molecular complexity index is 1910. The molecule has 17 nitrogen and oxygen atoms in total.